The van der Waals surface area contributed by atoms with Crippen LogP contribution in [0.5, 0.6) is 5.75 Å². The van der Waals surface area contributed by atoms with Crippen molar-refractivity contribution < 1.29 is 14.3 Å². The van der Waals surface area contributed by atoms with Gasteiger partial charge in [0.25, 0.3) is 11.8 Å². The molecule has 1 N–H and O–H groups in total. The topological polar surface area (TPSA) is 58.6 Å². The van der Waals surface area contributed by atoms with Crippen molar-refractivity contribution in [3.8, 4) is 5.75 Å². The molecule has 1 unspecified atom stereocenters. The zero-order chi connectivity index (χ0) is 21.1. The van der Waals surface area contributed by atoms with E-state index in [4.69, 9.17) is 4.74 Å². The summed E-state index contributed by atoms with van der Waals surface area (Å²) in [4.78, 5) is 26.8. The molecule has 3 aromatic carbocycles. The quantitative estimate of drug-likeness (QED) is 0.690. The minimum atomic E-state index is -0.124. The van der Waals surface area contributed by atoms with Crippen molar-refractivity contribution in [2.45, 2.75) is 26.4 Å². The van der Waals surface area contributed by atoms with Gasteiger partial charge in [-0.1, -0.05) is 48.5 Å². The molecule has 5 heteroatoms. The molecule has 4 rings (SSSR count). The van der Waals surface area contributed by atoms with Crippen LogP contribution in [0.3, 0.4) is 0 Å². The fraction of sp³-hybridized carbons (Fsp3) is 0.200. The zero-order valence-corrected chi connectivity index (χ0v) is 17.1. The van der Waals surface area contributed by atoms with Gasteiger partial charge in [0.1, 0.15) is 5.75 Å². The molecule has 0 fully saturated rings. The van der Waals surface area contributed by atoms with Gasteiger partial charge in [-0.15, -0.1) is 0 Å². The number of ether oxygens (including phenoxy) is 1. The van der Waals surface area contributed by atoms with E-state index in [2.05, 4.69) is 5.32 Å². The first kappa shape index (κ1) is 19.7. The van der Waals surface area contributed by atoms with Crippen LogP contribution in [0.25, 0.3) is 0 Å². The molecule has 5 nitrogen and oxygen atoms in total. The van der Waals surface area contributed by atoms with E-state index in [0.29, 0.717) is 17.9 Å². The van der Waals surface area contributed by atoms with Crippen LogP contribution in [-0.2, 0) is 11.3 Å². The molecule has 0 bridgehead atoms. The first-order valence-electron chi connectivity index (χ1n) is 10.00. The summed E-state index contributed by atoms with van der Waals surface area (Å²) in [5.74, 6) is 0.513. The average Bonchev–Trinajstić information content (AvgIpc) is 2.77. The summed E-state index contributed by atoms with van der Waals surface area (Å²) in [6.07, 6.45) is 0. The predicted octanol–water partition coefficient (Wildman–Crippen LogP) is 4.41. The summed E-state index contributed by atoms with van der Waals surface area (Å²) in [5, 5.41) is 3.02. The number of amides is 2. The average molecular weight is 400 g/mol. The van der Waals surface area contributed by atoms with Crippen LogP contribution < -0.4 is 15.0 Å². The van der Waals surface area contributed by atoms with E-state index in [1.54, 1.807) is 17.0 Å². The van der Waals surface area contributed by atoms with E-state index in [-0.39, 0.29) is 24.5 Å². The summed E-state index contributed by atoms with van der Waals surface area (Å²) in [6.45, 7) is 4.42. The minimum absolute atomic E-state index is 0.0356. The first-order valence-corrected chi connectivity index (χ1v) is 10.00. The normalized spacial score (nSPS) is 13.9. The smallest absolute Gasteiger partial charge is 0.265 e. The molecule has 0 saturated heterocycles. The lowest BCUT2D eigenvalue weighted by molar-refractivity contribution is -0.121. The van der Waals surface area contributed by atoms with Crippen LogP contribution in [0.2, 0.25) is 0 Å². The third-order valence-electron chi connectivity index (χ3n) is 5.26. The number of carbonyl (C=O) groups excluding carboxylic acids is 2. The molecule has 0 spiro atoms. The number of nitrogens with zero attached hydrogens (tertiary/aromatic N) is 1. The van der Waals surface area contributed by atoms with Gasteiger partial charge in [-0.25, -0.2) is 0 Å². The molecule has 1 aliphatic rings. The van der Waals surface area contributed by atoms with Crippen LogP contribution in [0.1, 0.15) is 40.0 Å². The summed E-state index contributed by atoms with van der Waals surface area (Å²) < 4.78 is 5.54. The Morgan fingerprint density at radius 1 is 1.07 bits per heavy atom. The maximum atomic E-state index is 12.6. The number of fused-ring (bicyclic) bond motifs is 1. The van der Waals surface area contributed by atoms with Crippen molar-refractivity contribution in [2.75, 3.05) is 11.5 Å². The summed E-state index contributed by atoms with van der Waals surface area (Å²) in [7, 11) is 0. The van der Waals surface area contributed by atoms with Crippen LogP contribution in [0, 0.1) is 6.92 Å². The maximum Gasteiger partial charge on any atom is 0.265 e. The molecule has 0 radical (unpaired) electrons. The fourth-order valence-electron chi connectivity index (χ4n) is 3.53. The fourth-order valence-corrected chi connectivity index (χ4v) is 3.53. The Morgan fingerprint density at radius 2 is 1.80 bits per heavy atom. The number of aryl methyl sites for hydroxylation is 1. The lowest BCUT2D eigenvalue weighted by Crippen LogP contribution is -2.38. The van der Waals surface area contributed by atoms with Crippen molar-refractivity contribution in [3.63, 3.8) is 0 Å². The Morgan fingerprint density at radius 3 is 2.53 bits per heavy atom. The van der Waals surface area contributed by atoms with Gasteiger partial charge >= 0.3 is 0 Å². The van der Waals surface area contributed by atoms with Crippen molar-refractivity contribution in [2.24, 2.45) is 0 Å². The third-order valence-corrected chi connectivity index (χ3v) is 5.26. The maximum absolute atomic E-state index is 12.6. The largest absolute Gasteiger partial charge is 0.482 e. The predicted molar refractivity (Wildman–Crippen MR) is 117 cm³/mol. The number of anilines is 1. The van der Waals surface area contributed by atoms with E-state index in [0.717, 1.165) is 22.4 Å². The molecular formula is C25H24N2O3. The number of benzene rings is 3. The molecule has 152 valence electrons. The van der Waals surface area contributed by atoms with E-state index >= 15 is 0 Å². The highest BCUT2D eigenvalue weighted by Gasteiger charge is 2.25. The second-order valence-corrected chi connectivity index (χ2v) is 7.54. The molecule has 0 aromatic heterocycles. The summed E-state index contributed by atoms with van der Waals surface area (Å²) in [6, 6.07) is 23.0. The van der Waals surface area contributed by atoms with Crippen molar-refractivity contribution >= 4 is 17.5 Å². The molecule has 30 heavy (non-hydrogen) atoms. The van der Waals surface area contributed by atoms with Crippen LogP contribution in [-0.4, -0.2) is 18.4 Å². The van der Waals surface area contributed by atoms with Crippen LogP contribution in [0.15, 0.2) is 72.8 Å². The second-order valence-electron chi connectivity index (χ2n) is 7.54. The lowest BCUT2D eigenvalue weighted by atomic mass is 10.1. The van der Waals surface area contributed by atoms with Gasteiger partial charge in [0.2, 0.25) is 0 Å². The SMILES string of the molecule is Cc1ccc2c(c1)N(Cc1ccc(C(=O)NC(C)c3ccccc3)cc1)C(=O)CO2. The van der Waals surface area contributed by atoms with Crippen molar-refractivity contribution in [1.29, 1.82) is 0 Å². The highest BCUT2D eigenvalue weighted by molar-refractivity contribution is 5.98. The molecule has 1 heterocycles. The number of rotatable bonds is 5. The van der Waals surface area contributed by atoms with Gasteiger partial charge in [-0.3, -0.25) is 9.59 Å². The number of nitrogens with one attached hydrogen (secondary N) is 1. The van der Waals surface area contributed by atoms with Gasteiger partial charge in [-0.05, 0) is 54.8 Å². The molecule has 1 atom stereocenters. The molecule has 2 amide bonds. The first-order chi connectivity index (χ1) is 14.5. The third kappa shape index (κ3) is 4.20. The van der Waals surface area contributed by atoms with Gasteiger partial charge in [0.15, 0.2) is 6.61 Å². The Kier molecular flexibility index (Phi) is 5.53. The Balaban J connectivity index is 1.46. The lowest BCUT2D eigenvalue weighted by Gasteiger charge is -2.29. The zero-order valence-electron chi connectivity index (χ0n) is 17.1. The Labute approximate surface area is 176 Å². The second kappa shape index (κ2) is 8.41. The monoisotopic (exact) mass is 400 g/mol. The van der Waals surface area contributed by atoms with Gasteiger partial charge in [0, 0.05) is 5.56 Å². The highest BCUT2D eigenvalue weighted by atomic mass is 16.5. The standard InChI is InChI=1S/C25H24N2O3/c1-17-8-13-23-22(14-17)27(24(28)16-30-23)15-19-9-11-21(12-10-19)25(29)26-18(2)20-6-4-3-5-7-20/h3-14,18H,15-16H2,1-2H3,(H,26,29). The van der Waals surface area contributed by atoms with Crippen molar-refractivity contribution in [1.82, 2.24) is 5.32 Å². The highest BCUT2D eigenvalue weighted by Crippen LogP contribution is 2.33. The van der Waals surface area contributed by atoms with E-state index in [9.17, 15) is 9.59 Å². The van der Waals surface area contributed by atoms with E-state index in [1.165, 1.54) is 0 Å². The molecule has 0 saturated carbocycles. The number of carbonyl (C=O) groups is 2. The molecule has 0 aliphatic carbocycles. The molecular weight excluding hydrogens is 376 g/mol. The van der Waals surface area contributed by atoms with Crippen LogP contribution >= 0.6 is 0 Å². The van der Waals surface area contributed by atoms with Crippen molar-refractivity contribution in [3.05, 3.63) is 95.1 Å². The van der Waals surface area contributed by atoms with Crippen LogP contribution in [0.4, 0.5) is 5.69 Å². The van der Waals surface area contributed by atoms with Gasteiger partial charge in [0.05, 0.1) is 18.3 Å². The minimum Gasteiger partial charge on any atom is -0.482 e. The number of hydrogen-bond acceptors (Lipinski definition) is 3. The van der Waals surface area contributed by atoms with E-state index < -0.39 is 0 Å². The molecule has 1 aliphatic heterocycles. The van der Waals surface area contributed by atoms with Gasteiger partial charge in [-0.2, -0.15) is 0 Å². The van der Waals surface area contributed by atoms with Gasteiger partial charge < -0.3 is 15.0 Å². The Bertz CT molecular complexity index is 1060. The van der Waals surface area contributed by atoms with E-state index in [1.807, 2.05) is 74.5 Å². The summed E-state index contributed by atoms with van der Waals surface area (Å²) >= 11 is 0. The molecule has 3 aromatic rings. The summed E-state index contributed by atoms with van der Waals surface area (Å²) in [5.41, 5.74) is 4.44. The Hall–Kier alpha value is -3.60. The number of hydrogen-bond donors (Lipinski definition) is 1.